The van der Waals surface area contributed by atoms with Gasteiger partial charge in [0.25, 0.3) is 0 Å². The molecular formula is C12H15FN2. The fraction of sp³-hybridized carbons (Fsp3) is 0.333. The molecule has 0 aliphatic rings. The number of hydrogen-bond acceptors (Lipinski definition) is 1. The Morgan fingerprint density at radius 3 is 2.80 bits per heavy atom. The summed E-state index contributed by atoms with van der Waals surface area (Å²) in [7, 11) is 0. The van der Waals surface area contributed by atoms with E-state index in [0.717, 1.165) is 23.0 Å². The molecule has 1 unspecified atom stereocenters. The molecule has 2 nitrogen and oxygen atoms in total. The zero-order valence-corrected chi connectivity index (χ0v) is 9.00. The van der Waals surface area contributed by atoms with E-state index < -0.39 is 0 Å². The molecule has 0 saturated carbocycles. The summed E-state index contributed by atoms with van der Waals surface area (Å²) >= 11 is 0. The molecule has 1 aromatic carbocycles. The minimum atomic E-state index is -0.202. The van der Waals surface area contributed by atoms with E-state index in [1.54, 1.807) is 12.1 Å². The van der Waals surface area contributed by atoms with E-state index in [0.29, 0.717) is 0 Å². The standard InChI is InChI=1S/C12H15FN2/c1-3-15-7-11(8(2)14)10-5-4-9(13)6-12(10)15/h4-8H,3,14H2,1-2H3. The second-order valence-electron chi connectivity index (χ2n) is 3.82. The predicted octanol–water partition coefficient (Wildman–Crippen LogP) is 2.82. The smallest absolute Gasteiger partial charge is 0.125 e. The van der Waals surface area contributed by atoms with Crippen LogP contribution in [0.4, 0.5) is 4.39 Å². The zero-order valence-electron chi connectivity index (χ0n) is 9.00. The number of fused-ring (bicyclic) bond motifs is 1. The van der Waals surface area contributed by atoms with Crippen molar-refractivity contribution < 1.29 is 4.39 Å². The Morgan fingerprint density at radius 2 is 2.20 bits per heavy atom. The summed E-state index contributed by atoms with van der Waals surface area (Å²) in [6, 6.07) is 4.82. The van der Waals surface area contributed by atoms with Gasteiger partial charge in [-0.1, -0.05) is 0 Å². The third kappa shape index (κ3) is 1.63. The third-order valence-electron chi connectivity index (χ3n) is 2.71. The van der Waals surface area contributed by atoms with Crippen molar-refractivity contribution in [3.63, 3.8) is 0 Å². The summed E-state index contributed by atoms with van der Waals surface area (Å²) in [5.41, 5.74) is 7.88. The summed E-state index contributed by atoms with van der Waals surface area (Å²) < 4.78 is 15.1. The van der Waals surface area contributed by atoms with Crippen LogP contribution in [0.1, 0.15) is 25.5 Å². The summed E-state index contributed by atoms with van der Waals surface area (Å²) in [5.74, 6) is -0.202. The molecule has 0 aliphatic heterocycles. The van der Waals surface area contributed by atoms with E-state index in [1.807, 2.05) is 24.6 Å². The molecule has 0 fully saturated rings. The van der Waals surface area contributed by atoms with Gasteiger partial charge in [-0.05, 0) is 37.6 Å². The maximum Gasteiger partial charge on any atom is 0.125 e. The Labute approximate surface area is 88.5 Å². The summed E-state index contributed by atoms with van der Waals surface area (Å²) in [6.45, 7) is 4.81. The lowest BCUT2D eigenvalue weighted by molar-refractivity contribution is 0.628. The largest absolute Gasteiger partial charge is 0.347 e. The number of nitrogens with two attached hydrogens (primary N) is 1. The molecule has 2 aromatic rings. The maximum absolute atomic E-state index is 13.1. The van der Waals surface area contributed by atoms with E-state index in [-0.39, 0.29) is 11.9 Å². The van der Waals surface area contributed by atoms with E-state index in [1.165, 1.54) is 6.07 Å². The fourth-order valence-corrected chi connectivity index (χ4v) is 1.92. The Balaban J connectivity index is 2.75. The van der Waals surface area contributed by atoms with Crippen LogP contribution < -0.4 is 5.73 Å². The quantitative estimate of drug-likeness (QED) is 0.804. The second-order valence-corrected chi connectivity index (χ2v) is 3.82. The van der Waals surface area contributed by atoms with E-state index in [4.69, 9.17) is 5.73 Å². The maximum atomic E-state index is 13.1. The molecule has 15 heavy (non-hydrogen) atoms. The van der Waals surface area contributed by atoms with Crippen molar-refractivity contribution >= 4 is 10.9 Å². The number of hydrogen-bond donors (Lipinski definition) is 1. The molecule has 3 heteroatoms. The van der Waals surface area contributed by atoms with Crippen molar-refractivity contribution in [3.8, 4) is 0 Å². The molecule has 1 atom stereocenters. The Hall–Kier alpha value is -1.35. The number of nitrogens with zero attached hydrogens (tertiary/aromatic N) is 1. The van der Waals surface area contributed by atoms with E-state index >= 15 is 0 Å². The van der Waals surface area contributed by atoms with Gasteiger partial charge in [0.1, 0.15) is 5.82 Å². The molecule has 80 valence electrons. The monoisotopic (exact) mass is 206 g/mol. The van der Waals surface area contributed by atoms with E-state index in [2.05, 4.69) is 0 Å². The molecule has 0 spiro atoms. The third-order valence-corrected chi connectivity index (χ3v) is 2.71. The lowest BCUT2D eigenvalue weighted by Crippen LogP contribution is -2.03. The number of rotatable bonds is 2. The van der Waals surface area contributed by atoms with Gasteiger partial charge in [-0.2, -0.15) is 0 Å². The van der Waals surface area contributed by atoms with Gasteiger partial charge in [0.15, 0.2) is 0 Å². The van der Waals surface area contributed by atoms with Crippen molar-refractivity contribution in [2.45, 2.75) is 26.4 Å². The number of benzene rings is 1. The molecule has 0 saturated heterocycles. The first-order valence-electron chi connectivity index (χ1n) is 5.17. The molecule has 1 aromatic heterocycles. The Morgan fingerprint density at radius 1 is 1.47 bits per heavy atom. The average Bonchev–Trinajstić information content (AvgIpc) is 2.55. The summed E-state index contributed by atoms with van der Waals surface area (Å²) in [6.07, 6.45) is 2.01. The van der Waals surface area contributed by atoms with Gasteiger partial charge in [0.05, 0.1) is 5.52 Å². The topological polar surface area (TPSA) is 30.9 Å². The van der Waals surface area contributed by atoms with Crippen LogP contribution in [0.5, 0.6) is 0 Å². The molecule has 2 N–H and O–H groups in total. The van der Waals surface area contributed by atoms with Crippen molar-refractivity contribution in [2.75, 3.05) is 0 Å². The van der Waals surface area contributed by atoms with Crippen molar-refractivity contribution in [2.24, 2.45) is 5.73 Å². The highest BCUT2D eigenvalue weighted by atomic mass is 19.1. The first kappa shape index (κ1) is 10.2. The Kier molecular flexibility index (Phi) is 2.49. The normalized spacial score (nSPS) is 13.3. The van der Waals surface area contributed by atoms with E-state index in [9.17, 15) is 4.39 Å². The number of halogens is 1. The molecule has 2 rings (SSSR count). The number of aromatic nitrogens is 1. The van der Waals surface area contributed by atoms with Crippen molar-refractivity contribution in [3.05, 3.63) is 35.8 Å². The first-order valence-corrected chi connectivity index (χ1v) is 5.17. The summed E-state index contributed by atoms with van der Waals surface area (Å²) in [4.78, 5) is 0. The van der Waals surface area contributed by atoms with Crippen LogP contribution in [0.15, 0.2) is 24.4 Å². The number of aryl methyl sites for hydroxylation is 1. The van der Waals surface area contributed by atoms with Gasteiger partial charge in [-0.25, -0.2) is 4.39 Å². The van der Waals surface area contributed by atoms with Crippen LogP contribution in [0.2, 0.25) is 0 Å². The highest BCUT2D eigenvalue weighted by molar-refractivity contribution is 5.84. The van der Waals surface area contributed by atoms with Gasteiger partial charge < -0.3 is 10.3 Å². The minimum Gasteiger partial charge on any atom is -0.347 e. The average molecular weight is 206 g/mol. The molecule has 0 amide bonds. The van der Waals surface area contributed by atoms with Crippen LogP contribution in [-0.4, -0.2) is 4.57 Å². The van der Waals surface area contributed by atoms with Gasteiger partial charge in [-0.15, -0.1) is 0 Å². The summed E-state index contributed by atoms with van der Waals surface area (Å²) in [5, 5.41) is 1.05. The van der Waals surface area contributed by atoms with Crippen LogP contribution in [0, 0.1) is 5.82 Å². The lowest BCUT2D eigenvalue weighted by atomic mass is 10.1. The fourth-order valence-electron chi connectivity index (χ4n) is 1.92. The van der Waals surface area contributed by atoms with Crippen molar-refractivity contribution in [1.82, 2.24) is 4.57 Å². The zero-order chi connectivity index (χ0) is 11.0. The predicted molar refractivity (Wildman–Crippen MR) is 60.2 cm³/mol. The van der Waals surface area contributed by atoms with Gasteiger partial charge >= 0.3 is 0 Å². The minimum absolute atomic E-state index is 0.0224. The Bertz CT molecular complexity index is 486. The first-order chi connectivity index (χ1) is 7.13. The molecule has 0 bridgehead atoms. The highest BCUT2D eigenvalue weighted by Gasteiger charge is 2.11. The van der Waals surface area contributed by atoms with Gasteiger partial charge in [0, 0.05) is 24.2 Å². The molecule has 1 heterocycles. The van der Waals surface area contributed by atoms with Crippen LogP contribution in [0.3, 0.4) is 0 Å². The lowest BCUT2D eigenvalue weighted by Gasteiger charge is -2.01. The van der Waals surface area contributed by atoms with Gasteiger partial charge in [0.2, 0.25) is 0 Å². The van der Waals surface area contributed by atoms with Crippen molar-refractivity contribution in [1.29, 1.82) is 0 Å². The van der Waals surface area contributed by atoms with Gasteiger partial charge in [-0.3, -0.25) is 0 Å². The van der Waals surface area contributed by atoms with Crippen LogP contribution >= 0.6 is 0 Å². The highest BCUT2D eigenvalue weighted by Crippen LogP contribution is 2.26. The SMILES string of the molecule is CCn1cc(C(C)N)c2ccc(F)cc21. The molecular weight excluding hydrogens is 191 g/mol. The molecule has 0 radical (unpaired) electrons. The van der Waals surface area contributed by atoms with Crippen LogP contribution in [-0.2, 0) is 6.54 Å². The second kappa shape index (κ2) is 3.66. The van der Waals surface area contributed by atoms with Crippen LogP contribution in [0.25, 0.3) is 10.9 Å². The molecule has 0 aliphatic carbocycles.